The van der Waals surface area contributed by atoms with Gasteiger partial charge in [0, 0.05) is 37.6 Å². The molecule has 1 aromatic carbocycles. The van der Waals surface area contributed by atoms with E-state index in [9.17, 15) is 9.59 Å². The van der Waals surface area contributed by atoms with Gasteiger partial charge >= 0.3 is 5.97 Å². The van der Waals surface area contributed by atoms with Crippen molar-refractivity contribution in [3.8, 4) is 0 Å². The van der Waals surface area contributed by atoms with Gasteiger partial charge in [-0.25, -0.2) is 4.79 Å². The Labute approximate surface area is 134 Å². The molecule has 0 aliphatic carbocycles. The highest BCUT2D eigenvalue weighted by Crippen LogP contribution is 2.10. The molecule has 0 aliphatic heterocycles. The van der Waals surface area contributed by atoms with Crippen LogP contribution in [0.5, 0.6) is 0 Å². The highest BCUT2D eigenvalue weighted by Gasteiger charge is 2.06. The molecule has 2 aromatic rings. The lowest BCUT2D eigenvalue weighted by atomic mass is 10.2. The molecule has 0 unspecified atom stereocenters. The fourth-order valence-electron chi connectivity index (χ4n) is 1.97. The molecule has 23 heavy (non-hydrogen) atoms. The smallest absolute Gasteiger partial charge is 0.337 e. The number of benzene rings is 1. The van der Waals surface area contributed by atoms with Crippen LogP contribution in [0.15, 0.2) is 48.8 Å². The van der Waals surface area contributed by atoms with E-state index in [4.69, 9.17) is 0 Å². The monoisotopic (exact) mass is 313 g/mol. The molecule has 6 nitrogen and oxygen atoms in total. The van der Waals surface area contributed by atoms with Crippen LogP contribution in [0, 0.1) is 0 Å². The Morgan fingerprint density at radius 1 is 1.17 bits per heavy atom. The number of carbonyl (C=O) groups excluding carboxylic acids is 2. The molecular weight excluding hydrogens is 294 g/mol. The van der Waals surface area contributed by atoms with Crippen LogP contribution < -0.4 is 10.6 Å². The average molecular weight is 313 g/mol. The van der Waals surface area contributed by atoms with Gasteiger partial charge in [-0.2, -0.15) is 0 Å². The largest absolute Gasteiger partial charge is 0.465 e. The third-order valence-electron chi connectivity index (χ3n) is 3.17. The van der Waals surface area contributed by atoms with Gasteiger partial charge in [-0.15, -0.1) is 0 Å². The van der Waals surface area contributed by atoms with E-state index in [-0.39, 0.29) is 5.91 Å². The zero-order chi connectivity index (χ0) is 16.5. The standard InChI is InChI=1S/C17H19N3O3/c1-23-17(22)14-4-6-15(7-5-14)20-16(21)8-10-19-12-13-3-2-9-18-11-13/h2-7,9,11,19H,8,10,12H2,1H3,(H,20,21). The van der Waals surface area contributed by atoms with Gasteiger partial charge in [0.15, 0.2) is 0 Å². The second kappa shape index (κ2) is 8.65. The summed E-state index contributed by atoms with van der Waals surface area (Å²) in [6, 6.07) is 10.4. The molecule has 0 aliphatic rings. The molecule has 0 spiro atoms. The van der Waals surface area contributed by atoms with Crippen LogP contribution in [0.4, 0.5) is 5.69 Å². The highest BCUT2D eigenvalue weighted by molar-refractivity contribution is 5.93. The van der Waals surface area contributed by atoms with Gasteiger partial charge < -0.3 is 15.4 Å². The number of carbonyl (C=O) groups is 2. The molecule has 0 saturated carbocycles. The van der Waals surface area contributed by atoms with E-state index in [2.05, 4.69) is 20.4 Å². The molecular formula is C17H19N3O3. The van der Waals surface area contributed by atoms with Crippen LogP contribution in [0.25, 0.3) is 0 Å². The Bertz CT molecular complexity index is 642. The van der Waals surface area contributed by atoms with E-state index < -0.39 is 5.97 Å². The van der Waals surface area contributed by atoms with E-state index in [0.717, 1.165) is 5.56 Å². The lowest BCUT2D eigenvalue weighted by Crippen LogP contribution is -2.21. The van der Waals surface area contributed by atoms with Gasteiger partial charge in [-0.3, -0.25) is 9.78 Å². The summed E-state index contributed by atoms with van der Waals surface area (Å²) in [5.74, 6) is -0.489. The summed E-state index contributed by atoms with van der Waals surface area (Å²) in [5, 5.41) is 5.97. The van der Waals surface area contributed by atoms with Crippen LogP contribution in [-0.2, 0) is 16.1 Å². The van der Waals surface area contributed by atoms with Gasteiger partial charge in [0.1, 0.15) is 0 Å². The van der Waals surface area contributed by atoms with Crippen molar-refractivity contribution in [1.82, 2.24) is 10.3 Å². The summed E-state index contributed by atoms with van der Waals surface area (Å²) in [6.07, 6.45) is 3.87. The number of ether oxygens (including phenoxy) is 1. The molecule has 2 rings (SSSR count). The predicted molar refractivity (Wildman–Crippen MR) is 87.0 cm³/mol. The SMILES string of the molecule is COC(=O)c1ccc(NC(=O)CCNCc2cccnc2)cc1. The second-order valence-electron chi connectivity index (χ2n) is 4.91. The maximum Gasteiger partial charge on any atom is 0.337 e. The van der Waals surface area contributed by atoms with E-state index in [1.54, 1.807) is 36.7 Å². The molecule has 0 bridgehead atoms. The summed E-state index contributed by atoms with van der Waals surface area (Å²) in [7, 11) is 1.33. The minimum Gasteiger partial charge on any atom is -0.465 e. The Hall–Kier alpha value is -2.73. The molecule has 0 fully saturated rings. The Kier molecular flexibility index (Phi) is 6.26. The van der Waals surface area contributed by atoms with Gasteiger partial charge in [-0.1, -0.05) is 6.07 Å². The van der Waals surface area contributed by atoms with Gasteiger partial charge in [0.2, 0.25) is 5.91 Å². The fourth-order valence-corrected chi connectivity index (χ4v) is 1.97. The summed E-state index contributed by atoms with van der Waals surface area (Å²) in [6.45, 7) is 1.25. The zero-order valence-electron chi connectivity index (χ0n) is 12.9. The minimum absolute atomic E-state index is 0.0884. The number of amides is 1. The zero-order valence-corrected chi connectivity index (χ0v) is 12.9. The third kappa shape index (κ3) is 5.52. The van der Waals surface area contributed by atoms with Crippen molar-refractivity contribution in [2.45, 2.75) is 13.0 Å². The van der Waals surface area contributed by atoms with Crippen molar-refractivity contribution in [3.05, 3.63) is 59.9 Å². The summed E-state index contributed by atoms with van der Waals surface area (Å²) in [4.78, 5) is 27.2. The molecule has 1 heterocycles. The Balaban J connectivity index is 1.71. The van der Waals surface area contributed by atoms with E-state index >= 15 is 0 Å². The summed E-state index contributed by atoms with van der Waals surface area (Å²) < 4.78 is 4.62. The van der Waals surface area contributed by atoms with Crippen molar-refractivity contribution < 1.29 is 14.3 Å². The van der Waals surface area contributed by atoms with E-state index in [1.165, 1.54) is 7.11 Å². The number of anilines is 1. The number of nitrogens with one attached hydrogen (secondary N) is 2. The van der Waals surface area contributed by atoms with Crippen LogP contribution in [0.2, 0.25) is 0 Å². The summed E-state index contributed by atoms with van der Waals surface area (Å²) >= 11 is 0. The Morgan fingerprint density at radius 3 is 2.61 bits per heavy atom. The van der Waals surface area contributed by atoms with Crippen LogP contribution in [0.1, 0.15) is 22.3 Å². The van der Waals surface area contributed by atoms with Gasteiger partial charge in [0.05, 0.1) is 12.7 Å². The third-order valence-corrected chi connectivity index (χ3v) is 3.17. The van der Waals surface area contributed by atoms with Crippen LogP contribution in [0.3, 0.4) is 0 Å². The van der Waals surface area contributed by atoms with Crippen LogP contribution >= 0.6 is 0 Å². The average Bonchev–Trinajstić information content (AvgIpc) is 2.59. The van der Waals surface area contributed by atoms with Crippen molar-refractivity contribution in [2.24, 2.45) is 0 Å². The topological polar surface area (TPSA) is 80.3 Å². The van der Waals surface area contributed by atoms with Crippen molar-refractivity contribution in [3.63, 3.8) is 0 Å². The quantitative estimate of drug-likeness (QED) is 0.603. The highest BCUT2D eigenvalue weighted by atomic mass is 16.5. The molecule has 1 amide bonds. The number of methoxy groups -OCH3 is 1. The first kappa shape index (κ1) is 16.6. The van der Waals surface area contributed by atoms with Crippen LogP contribution in [-0.4, -0.2) is 30.5 Å². The first-order chi connectivity index (χ1) is 11.2. The number of hydrogen-bond acceptors (Lipinski definition) is 5. The first-order valence-electron chi connectivity index (χ1n) is 7.27. The molecule has 1 aromatic heterocycles. The number of esters is 1. The maximum atomic E-state index is 11.8. The normalized spacial score (nSPS) is 10.1. The molecule has 6 heteroatoms. The number of rotatable bonds is 7. The molecule has 0 radical (unpaired) electrons. The lowest BCUT2D eigenvalue weighted by molar-refractivity contribution is -0.116. The van der Waals surface area contributed by atoms with Crippen molar-refractivity contribution >= 4 is 17.6 Å². The number of aromatic nitrogens is 1. The fraction of sp³-hybridized carbons (Fsp3) is 0.235. The number of nitrogens with zero attached hydrogens (tertiary/aromatic N) is 1. The van der Waals surface area contributed by atoms with E-state index in [0.29, 0.717) is 30.8 Å². The summed E-state index contributed by atoms with van der Waals surface area (Å²) in [5.41, 5.74) is 2.17. The molecule has 0 atom stereocenters. The molecule has 120 valence electrons. The predicted octanol–water partition coefficient (Wildman–Crippen LogP) is 1.99. The van der Waals surface area contributed by atoms with Gasteiger partial charge in [-0.05, 0) is 35.9 Å². The molecule has 2 N–H and O–H groups in total. The number of pyridine rings is 1. The minimum atomic E-state index is -0.400. The molecule has 0 saturated heterocycles. The maximum absolute atomic E-state index is 11.8. The lowest BCUT2D eigenvalue weighted by Gasteiger charge is -2.07. The second-order valence-corrected chi connectivity index (χ2v) is 4.91. The van der Waals surface area contributed by atoms with Gasteiger partial charge in [0.25, 0.3) is 0 Å². The van der Waals surface area contributed by atoms with Crippen molar-refractivity contribution in [1.29, 1.82) is 0 Å². The first-order valence-corrected chi connectivity index (χ1v) is 7.27. The van der Waals surface area contributed by atoms with E-state index in [1.807, 2.05) is 12.1 Å². The number of hydrogen-bond donors (Lipinski definition) is 2. The Morgan fingerprint density at radius 2 is 1.96 bits per heavy atom. The van der Waals surface area contributed by atoms with Crippen molar-refractivity contribution in [2.75, 3.05) is 19.0 Å².